The van der Waals surface area contributed by atoms with Gasteiger partial charge in [-0.05, 0) is 56.8 Å². The topological polar surface area (TPSA) is 15.3 Å². The van der Waals surface area contributed by atoms with E-state index in [2.05, 4.69) is 41.4 Å². The molecule has 3 atom stereocenters. The maximum absolute atomic E-state index is 3.30. The van der Waals surface area contributed by atoms with E-state index < -0.39 is 0 Å². The van der Waals surface area contributed by atoms with E-state index in [0.29, 0.717) is 6.04 Å². The second-order valence-electron chi connectivity index (χ2n) is 6.20. The van der Waals surface area contributed by atoms with Gasteiger partial charge in [0, 0.05) is 24.3 Å². The highest BCUT2D eigenvalue weighted by atomic mass is 15.2. The van der Waals surface area contributed by atoms with Gasteiger partial charge in [-0.3, -0.25) is 0 Å². The summed E-state index contributed by atoms with van der Waals surface area (Å²) < 4.78 is 0. The van der Waals surface area contributed by atoms with Crippen molar-refractivity contribution >= 4 is 5.69 Å². The second kappa shape index (κ2) is 5.54. The molecule has 0 radical (unpaired) electrons. The Balaban J connectivity index is 1.75. The Morgan fingerprint density at radius 3 is 2.58 bits per heavy atom. The molecule has 1 heterocycles. The van der Waals surface area contributed by atoms with Crippen LogP contribution in [0.5, 0.6) is 0 Å². The van der Waals surface area contributed by atoms with Gasteiger partial charge >= 0.3 is 0 Å². The zero-order valence-electron chi connectivity index (χ0n) is 12.2. The van der Waals surface area contributed by atoms with Gasteiger partial charge in [0.1, 0.15) is 0 Å². The smallest absolute Gasteiger partial charge is 0.0369 e. The molecule has 104 valence electrons. The Morgan fingerprint density at radius 2 is 1.84 bits per heavy atom. The summed E-state index contributed by atoms with van der Waals surface area (Å²) in [6, 6.07) is 10.5. The number of rotatable bonds is 3. The van der Waals surface area contributed by atoms with E-state index >= 15 is 0 Å². The standard InChI is InChI=1S/C17H26N2/c1-13(18-2)14-7-9-16(10-8-14)19-12-11-15-5-3-4-6-17(15)19/h7-10,13,15,17-18H,3-6,11-12H2,1-2H3. The lowest BCUT2D eigenvalue weighted by atomic mass is 9.85. The summed E-state index contributed by atoms with van der Waals surface area (Å²) in [5.74, 6) is 0.963. The van der Waals surface area contributed by atoms with Gasteiger partial charge in [0.05, 0.1) is 0 Å². The summed E-state index contributed by atoms with van der Waals surface area (Å²) in [6.07, 6.45) is 7.13. The van der Waals surface area contributed by atoms with Gasteiger partial charge in [-0.25, -0.2) is 0 Å². The van der Waals surface area contributed by atoms with E-state index in [9.17, 15) is 0 Å². The summed E-state index contributed by atoms with van der Waals surface area (Å²) in [5.41, 5.74) is 2.81. The molecule has 1 aliphatic carbocycles. The molecule has 3 unspecified atom stereocenters. The van der Waals surface area contributed by atoms with Crippen LogP contribution >= 0.6 is 0 Å². The predicted molar refractivity (Wildman–Crippen MR) is 81.6 cm³/mol. The first kappa shape index (κ1) is 13.0. The first-order valence-corrected chi connectivity index (χ1v) is 7.83. The van der Waals surface area contributed by atoms with E-state index in [1.54, 1.807) is 0 Å². The molecule has 2 nitrogen and oxygen atoms in total. The van der Waals surface area contributed by atoms with E-state index in [0.717, 1.165) is 12.0 Å². The van der Waals surface area contributed by atoms with Crippen molar-refractivity contribution in [2.75, 3.05) is 18.5 Å². The lowest BCUT2D eigenvalue weighted by molar-refractivity contribution is 0.342. The largest absolute Gasteiger partial charge is 0.368 e. The maximum Gasteiger partial charge on any atom is 0.0369 e. The van der Waals surface area contributed by atoms with Crippen LogP contribution in [-0.2, 0) is 0 Å². The minimum absolute atomic E-state index is 0.440. The van der Waals surface area contributed by atoms with Gasteiger partial charge < -0.3 is 10.2 Å². The van der Waals surface area contributed by atoms with Crippen molar-refractivity contribution in [3.63, 3.8) is 0 Å². The third-order valence-electron chi connectivity index (χ3n) is 5.17. The number of hydrogen-bond acceptors (Lipinski definition) is 2. The van der Waals surface area contributed by atoms with Crippen LogP contribution in [0.1, 0.15) is 50.6 Å². The molecule has 2 fully saturated rings. The number of benzene rings is 1. The lowest BCUT2D eigenvalue weighted by Gasteiger charge is -2.33. The minimum atomic E-state index is 0.440. The summed E-state index contributed by atoms with van der Waals surface area (Å²) >= 11 is 0. The molecule has 2 aliphatic rings. The highest BCUT2D eigenvalue weighted by molar-refractivity contribution is 5.50. The zero-order valence-corrected chi connectivity index (χ0v) is 12.2. The fourth-order valence-corrected chi connectivity index (χ4v) is 3.85. The summed E-state index contributed by atoms with van der Waals surface area (Å²) in [5, 5.41) is 3.30. The third-order valence-corrected chi connectivity index (χ3v) is 5.17. The van der Waals surface area contributed by atoms with Crippen LogP contribution in [0.2, 0.25) is 0 Å². The van der Waals surface area contributed by atoms with Crippen molar-refractivity contribution in [2.24, 2.45) is 5.92 Å². The van der Waals surface area contributed by atoms with Crippen molar-refractivity contribution in [1.29, 1.82) is 0 Å². The molecule has 19 heavy (non-hydrogen) atoms. The van der Waals surface area contributed by atoms with Crippen LogP contribution in [-0.4, -0.2) is 19.6 Å². The molecule has 1 saturated carbocycles. The molecule has 0 bridgehead atoms. The lowest BCUT2D eigenvalue weighted by Crippen LogP contribution is -2.34. The van der Waals surface area contributed by atoms with E-state index in [4.69, 9.17) is 0 Å². The average molecular weight is 258 g/mol. The summed E-state index contributed by atoms with van der Waals surface area (Å²) in [7, 11) is 2.02. The number of hydrogen-bond donors (Lipinski definition) is 1. The highest BCUT2D eigenvalue weighted by Crippen LogP contribution is 2.38. The quantitative estimate of drug-likeness (QED) is 0.888. The first-order valence-electron chi connectivity index (χ1n) is 7.83. The van der Waals surface area contributed by atoms with Crippen LogP contribution in [0, 0.1) is 5.92 Å². The molecular formula is C17H26N2. The van der Waals surface area contributed by atoms with Gasteiger partial charge in [0.2, 0.25) is 0 Å². The molecule has 2 heteroatoms. The highest BCUT2D eigenvalue weighted by Gasteiger charge is 2.35. The first-order chi connectivity index (χ1) is 9.29. The predicted octanol–water partition coefficient (Wildman–Crippen LogP) is 3.74. The molecule has 1 aromatic carbocycles. The fraction of sp³-hybridized carbons (Fsp3) is 0.647. The van der Waals surface area contributed by atoms with Crippen LogP contribution in [0.25, 0.3) is 0 Å². The van der Waals surface area contributed by atoms with Crippen molar-refractivity contribution in [3.05, 3.63) is 29.8 Å². The summed E-state index contributed by atoms with van der Waals surface area (Å²) in [6.45, 7) is 3.47. The van der Waals surface area contributed by atoms with Crippen LogP contribution in [0.15, 0.2) is 24.3 Å². The minimum Gasteiger partial charge on any atom is -0.368 e. The van der Waals surface area contributed by atoms with E-state index in [1.807, 2.05) is 7.05 Å². The number of nitrogens with zero attached hydrogens (tertiary/aromatic N) is 1. The Labute approximate surface area is 117 Å². The Kier molecular flexibility index (Phi) is 3.79. The Hall–Kier alpha value is -1.02. The van der Waals surface area contributed by atoms with Gasteiger partial charge in [0.15, 0.2) is 0 Å². The van der Waals surface area contributed by atoms with Gasteiger partial charge in [-0.2, -0.15) is 0 Å². The third kappa shape index (κ3) is 2.51. The van der Waals surface area contributed by atoms with Crippen molar-refractivity contribution < 1.29 is 0 Å². The molecule has 0 spiro atoms. The normalized spacial score (nSPS) is 28.2. The molecule has 0 aromatic heterocycles. The number of anilines is 1. The molecular weight excluding hydrogens is 232 g/mol. The summed E-state index contributed by atoms with van der Waals surface area (Å²) in [4.78, 5) is 2.66. The SMILES string of the molecule is CNC(C)c1ccc(N2CCC3CCCCC32)cc1. The van der Waals surface area contributed by atoms with Crippen LogP contribution in [0.4, 0.5) is 5.69 Å². The van der Waals surface area contributed by atoms with Crippen LogP contribution < -0.4 is 10.2 Å². The fourth-order valence-electron chi connectivity index (χ4n) is 3.85. The van der Waals surface area contributed by atoms with Crippen molar-refractivity contribution in [3.8, 4) is 0 Å². The maximum atomic E-state index is 3.30. The Morgan fingerprint density at radius 1 is 1.11 bits per heavy atom. The molecule has 3 rings (SSSR count). The molecule has 0 amide bonds. The second-order valence-corrected chi connectivity index (χ2v) is 6.20. The van der Waals surface area contributed by atoms with Gasteiger partial charge in [-0.15, -0.1) is 0 Å². The van der Waals surface area contributed by atoms with Gasteiger partial charge in [-0.1, -0.05) is 25.0 Å². The van der Waals surface area contributed by atoms with Crippen LogP contribution in [0.3, 0.4) is 0 Å². The van der Waals surface area contributed by atoms with E-state index in [1.165, 1.54) is 49.9 Å². The molecule has 1 aromatic rings. The number of nitrogens with one attached hydrogen (secondary N) is 1. The van der Waals surface area contributed by atoms with Gasteiger partial charge in [0.25, 0.3) is 0 Å². The molecule has 1 N–H and O–H groups in total. The number of fused-ring (bicyclic) bond motifs is 1. The zero-order chi connectivity index (χ0) is 13.2. The van der Waals surface area contributed by atoms with E-state index in [-0.39, 0.29) is 0 Å². The van der Waals surface area contributed by atoms with Crippen molar-refractivity contribution in [2.45, 2.75) is 51.1 Å². The Bertz CT molecular complexity index is 412. The molecule has 1 aliphatic heterocycles. The van der Waals surface area contributed by atoms with Crippen molar-refractivity contribution in [1.82, 2.24) is 5.32 Å². The molecule has 1 saturated heterocycles. The average Bonchev–Trinajstić information content (AvgIpc) is 2.90. The monoisotopic (exact) mass is 258 g/mol.